The third kappa shape index (κ3) is 3.03. The maximum atomic E-state index is 11.2. The van der Waals surface area contributed by atoms with E-state index in [-0.39, 0.29) is 16.8 Å². The topological polar surface area (TPSA) is 124 Å². The predicted molar refractivity (Wildman–Crippen MR) is 74.0 cm³/mol. The van der Waals surface area contributed by atoms with Gasteiger partial charge in [-0.25, -0.2) is 4.79 Å². The van der Waals surface area contributed by atoms with E-state index < -0.39 is 16.8 Å². The molecule has 0 aromatic heterocycles. The molecule has 0 saturated heterocycles. The molecule has 0 spiro atoms. The van der Waals surface area contributed by atoms with Crippen LogP contribution in [0.15, 0.2) is 42.5 Å². The standard InChI is InChI=1S/C14H10N2O5/c15-13(17)9-3-1-2-8(4-9)10-5-11(14(18)19)7-12(6-10)16(20)21/h1-7H,(H2,15,17)(H,18,19). The Hall–Kier alpha value is -3.22. The van der Waals surface area contributed by atoms with E-state index in [2.05, 4.69) is 0 Å². The second-order valence-corrected chi connectivity index (χ2v) is 4.28. The minimum Gasteiger partial charge on any atom is -0.478 e. The molecule has 2 rings (SSSR count). The highest BCUT2D eigenvalue weighted by Gasteiger charge is 2.15. The Kier molecular flexibility index (Phi) is 3.66. The fourth-order valence-electron chi connectivity index (χ4n) is 1.86. The van der Waals surface area contributed by atoms with Gasteiger partial charge >= 0.3 is 5.97 Å². The first kappa shape index (κ1) is 14.2. The van der Waals surface area contributed by atoms with Crippen molar-refractivity contribution in [1.82, 2.24) is 0 Å². The van der Waals surface area contributed by atoms with E-state index in [4.69, 9.17) is 10.8 Å². The van der Waals surface area contributed by atoms with E-state index in [0.29, 0.717) is 11.1 Å². The first-order valence-electron chi connectivity index (χ1n) is 5.81. The molecule has 2 aromatic carbocycles. The number of rotatable bonds is 4. The number of nitro benzene ring substituents is 1. The summed E-state index contributed by atoms with van der Waals surface area (Å²) in [6.45, 7) is 0. The Balaban J connectivity index is 2.62. The zero-order chi connectivity index (χ0) is 15.6. The molecular formula is C14H10N2O5. The largest absolute Gasteiger partial charge is 0.478 e. The number of non-ortho nitro benzene ring substituents is 1. The van der Waals surface area contributed by atoms with Crippen LogP contribution in [0.4, 0.5) is 5.69 Å². The average Bonchev–Trinajstić information content (AvgIpc) is 2.46. The molecule has 0 saturated carbocycles. The second-order valence-electron chi connectivity index (χ2n) is 4.28. The molecular weight excluding hydrogens is 276 g/mol. The summed E-state index contributed by atoms with van der Waals surface area (Å²) in [4.78, 5) is 32.4. The number of hydrogen-bond donors (Lipinski definition) is 2. The molecule has 3 N–H and O–H groups in total. The molecule has 21 heavy (non-hydrogen) atoms. The highest BCUT2D eigenvalue weighted by molar-refractivity contribution is 5.95. The zero-order valence-corrected chi connectivity index (χ0v) is 10.6. The highest BCUT2D eigenvalue weighted by atomic mass is 16.6. The van der Waals surface area contributed by atoms with Crippen molar-refractivity contribution in [3.05, 3.63) is 63.7 Å². The number of benzene rings is 2. The van der Waals surface area contributed by atoms with Crippen molar-refractivity contribution in [2.75, 3.05) is 0 Å². The predicted octanol–water partition coefficient (Wildman–Crippen LogP) is 2.06. The van der Waals surface area contributed by atoms with Crippen molar-refractivity contribution >= 4 is 17.6 Å². The number of aromatic carboxylic acids is 1. The number of nitrogens with two attached hydrogens (primary N) is 1. The van der Waals surface area contributed by atoms with Crippen LogP contribution in [0, 0.1) is 10.1 Å². The highest BCUT2D eigenvalue weighted by Crippen LogP contribution is 2.26. The molecule has 0 fully saturated rings. The summed E-state index contributed by atoms with van der Waals surface area (Å²) in [6.07, 6.45) is 0. The van der Waals surface area contributed by atoms with Gasteiger partial charge in [0.2, 0.25) is 5.91 Å². The van der Waals surface area contributed by atoms with Crippen LogP contribution in [0.1, 0.15) is 20.7 Å². The Morgan fingerprint density at radius 2 is 1.71 bits per heavy atom. The molecule has 7 heteroatoms. The summed E-state index contributed by atoms with van der Waals surface area (Å²) >= 11 is 0. The normalized spacial score (nSPS) is 10.1. The van der Waals surface area contributed by atoms with Gasteiger partial charge in [-0.15, -0.1) is 0 Å². The number of primary amides is 1. The molecule has 0 unspecified atom stereocenters. The monoisotopic (exact) mass is 286 g/mol. The van der Waals surface area contributed by atoms with Gasteiger partial charge in [0, 0.05) is 17.7 Å². The summed E-state index contributed by atoms with van der Waals surface area (Å²) < 4.78 is 0. The number of amides is 1. The number of nitro groups is 1. The molecule has 0 aliphatic heterocycles. The first-order chi connectivity index (χ1) is 9.88. The summed E-state index contributed by atoms with van der Waals surface area (Å²) in [5.41, 5.74) is 5.66. The lowest BCUT2D eigenvalue weighted by Crippen LogP contribution is -2.10. The van der Waals surface area contributed by atoms with Gasteiger partial charge in [0.1, 0.15) is 0 Å². The summed E-state index contributed by atoms with van der Waals surface area (Å²) in [5.74, 6) is -1.91. The van der Waals surface area contributed by atoms with Gasteiger partial charge in [0.25, 0.3) is 5.69 Å². The smallest absolute Gasteiger partial charge is 0.335 e. The van der Waals surface area contributed by atoms with Gasteiger partial charge < -0.3 is 10.8 Å². The number of carbonyl (C=O) groups is 2. The van der Waals surface area contributed by atoms with Crippen LogP contribution < -0.4 is 5.73 Å². The van der Waals surface area contributed by atoms with Crippen molar-refractivity contribution in [1.29, 1.82) is 0 Å². The van der Waals surface area contributed by atoms with Gasteiger partial charge in [0.05, 0.1) is 10.5 Å². The minimum atomic E-state index is -1.27. The number of hydrogen-bond acceptors (Lipinski definition) is 4. The molecule has 0 aliphatic rings. The molecule has 106 valence electrons. The lowest BCUT2D eigenvalue weighted by molar-refractivity contribution is -0.384. The number of nitrogens with zero attached hydrogens (tertiary/aromatic N) is 1. The molecule has 0 atom stereocenters. The SMILES string of the molecule is NC(=O)c1cccc(-c2cc(C(=O)O)cc([N+](=O)[O-])c2)c1. The molecule has 7 nitrogen and oxygen atoms in total. The molecule has 0 aliphatic carbocycles. The maximum absolute atomic E-state index is 11.2. The number of carboxylic acid groups (broad SMARTS) is 1. The van der Waals surface area contributed by atoms with Crippen LogP contribution in [0.3, 0.4) is 0 Å². The van der Waals surface area contributed by atoms with Crippen LogP contribution in [0.5, 0.6) is 0 Å². The van der Waals surface area contributed by atoms with Crippen LogP contribution in [-0.2, 0) is 0 Å². The lowest BCUT2D eigenvalue weighted by Gasteiger charge is -2.05. The lowest BCUT2D eigenvalue weighted by atomic mass is 10.00. The third-order valence-electron chi connectivity index (χ3n) is 2.86. The summed E-state index contributed by atoms with van der Waals surface area (Å²) in [6, 6.07) is 9.64. The Morgan fingerprint density at radius 1 is 1.05 bits per heavy atom. The average molecular weight is 286 g/mol. The number of carbonyl (C=O) groups excluding carboxylic acids is 1. The Morgan fingerprint density at radius 3 is 2.29 bits per heavy atom. The van der Waals surface area contributed by atoms with Gasteiger partial charge in [-0.05, 0) is 29.3 Å². The molecule has 2 aromatic rings. The van der Waals surface area contributed by atoms with Crippen molar-refractivity contribution in [2.24, 2.45) is 5.73 Å². The fraction of sp³-hybridized carbons (Fsp3) is 0. The minimum absolute atomic E-state index is 0.205. The Labute approximate surface area is 118 Å². The van der Waals surface area contributed by atoms with Crippen LogP contribution in [-0.4, -0.2) is 21.9 Å². The Bertz CT molecular complexity index is 723. The van der Waals surface area contributed by atoms with Crippen molar-refractivity contribution < 1.29 is 19.6 Å². The van der Waals surface area contributed by atoms with Gasteiger partial charge in [-0.1, -0.05) is 12.1 Å². The first-order valence-corrected chi connectivity index (χ1v) is 5.81. The van der Waals surface area contributed by atoms with Crippen LogP contribution >= 0.6 is 0 Å². The van der Waals surface area contributed by atoms with Crippen molar-refractivity contribution in [3.8, 4) is 11.1 Å². The summed E-state index contributed by atoms with van der Waals surface area (Å²) in [5, 5.41) is 19.9. The van der Waals surface area contributed by atoms with E-state index in [9.17, 15) is 19.7 Å². The third-order valence-corrected chi connectivity index (χ3v) is 2.86. The molecule has 0 bridgehead atoms. The zero-order valence-electron chi connectivity index (χ0n) is 10.6. The molecule has 1 amide bonds. The van der Waals surface area contributed by atoms with E-state index >= 15 is 0 Å². The van der Waals surface area contributed by atoms with E-state index in [1.807, 2.05) is 0 Å². The molecule has 0 radical (unpaired) electrons. The maximum Gasteiger partial charge on any atom is 0.335 e. The quantitative estimate of drug-likeness (QED) is 0.657. The van der Waals surface area contributed by atoms with Gasteiger partial charge in [0.15, 0.2) is 0 Å². The summed E-state index contributed by atoms with van der Waals surface area (Å²) in [7, 11) is 0. The van der Waals surface area contributed by atoms with Crippen LogP contribution in [0.2, 0.25) is 0 Å². The van der Waals surface area contributed by atoms with Gasteiger partial charge in [-0.2, -0.15) is 0 Å². The van der Waals surface area contributed by atoms with Crippen molar-refractivity contribution in [2.45, 2.75) is 0 Å². The van der Waals surface area contributed by atoms with E-state index in [0.717, 1.165) is 6.07 Å². The number of carboxylic acids is 1. The van der Waals surface area contributed by atoms with E-state index in [1.54, 1.807) is 12.1 Å². The van der Waals surface area contributed by atoms with Gasteiger partial charge in [-0.3, -0.25) is 14.9 Å². The fourth-order valence-corrected chi connectivity index (χ4v) is 1.86. The second kappa shape index (κ2) is 5.41. The molecule has 0 heterocycles. The van der Waals surface area contributed by atoms with Crippen LogP contribution in [0.25, 0.3) is 11.1 Å². The van der Waals surface area contributed by atoms with Crippen molar-refractivity contribution in [3.63, 3.8) is 0 Å². The van der Waals surface area contributed by atoms with E-state index in [1.165, 1.54) is 24.3 Å².